The molecule has 154 valence electrons. The van der Waals surface area contributed by atoms with E-state index in [-0.39, 0.29) is 31.0 Å². The Kier molecular flexibility index (Phi) is 6.82. The van der Waals surface area contributed by atoms with E-state index in [9.17, 15) is 9.59 Å². The van der Waals surface area contributed by atoms with E-state index in [0.717, 1.165) is 0 Å². The average Bonchev–Trinajstić information content (AvgIpc) is 2.98. The van der Waals surface area contributed by atoms with Gasteiger partial charge in [0.1, 0.15) is 12.2 Å². The maximum Gasteiger partial charge on any atom is 0.407 e. The van der Waals surface area contributed by atoms with Crippen LogP contribution in [0, 0.1) is 0 Å². The number of halogens is 1. The molecule has 6 heteroatoms. The highest BCUT2D eigenvalue weighted by atomic mass is 127. The van der Waals surface area contributed by atoms with E-state index < -0.39 is 11.7 Å². The van der Waals surface area contributed by atoms with Crippen molar-refractivity contribution in [3.8, 4) is 11.1 Å². The van der Waals surface area contributed by atoms with E-state index in [4.69, 9.17) is 9.47 Å². The SMILES string of the molecule is CC(C)(C)OC(=O)C[C@H](CI)NC(=O)OCC1c2ccccc2-c2ccccc21. The minimum Gasteiger partial charge on any atom is -0.460 e. The molecule has 0 fully saturated rings. The molecule has 1 aliphatic rings. The number of rotatable bonds is 6. The smallest absolute Gasteiger partial charge is 0.407 e. The van der Waals surface area contributed by atoms with Crippen molar-refractivity contribution in [2.45, 2.75) is 44.8 Å². The molecule has 29 heavy (non-hydrogen) atoms. The summed E-state index contributed by atoms with van der Waals surface area (Å²) in [6, 6.07) is 16.1. The second-order valence-electron chi connectivity index (χ2n) is 8.11. The van der Waals surface area contributed by atoms with Gasteiger partial charge >= 0.3 is 12.1 Å². The first kappa shape index (κ1) is 21.6. The van der Waals surface area contributed by atoms with Gasteiger partial charge < -0.3 is 14.8 Å². The van der Waals surface area contributed by atoms with Crippen LogP contribution in [0.3, 0.4) is 0 Å². The summed E-state index contributed by atoms with van der Waals surface area (Å²) in [4.78, 5) is 24.4. The van der Waals surface area contributed by atoms with E-state index in [1.165, 1.54) is 22.3 Å². The Bertz CT molecular complexity index is 845. The van der Waals surface area contributed by atoms with Crippen LogP contribution in [0.4, 0.5) is 4.79 Å². The number of carbonyl (C=O) groups is 2. The lowest BCUT2D eigenvalue weighted by Gasteiger charge is -2.22. The first-order chi connectivity index (χ1) is 13.8. The van der Waals surface area contributed by atoms with E-state index >= 15 is 0 Å². The summed E-state index contributed by atoms with van der Waals surface area (Å²) in [7, 11) is 0. The van der Waals surface area contributed by atoms with Crippen molar-refractivity contribution in [1.29, 1.82) is 0 Å². The van der Waals surface area contributed by atoms with Crippen LogP contribution in [0.5, 0.6) is 0 Å². The lowest BCUT2D eigenvalue weighted by Crippen LogP contribution is -2.39. The van der Waals surface area contributed by atoms with Gasteiger partial charge in [-0.1, -0.05) is 71.1 Å². The van der Waals surface area contributed by atoms with Crippen molar-refractivity contribution in [3.63, 3.8) is 0 Å². The number of benzene rings is 2. The molecular formula is C23H26INO4. The molecule has 1 N–H and O–H groups in total. The van der Waals surface area contributed by atoms with Gasteiger partial charge in [0, 0.05) is 10.3 Å². The molecule has 0 aromatic heterocycles. The van der Waals surface area contributed by atoms with E-state index in [2.05, 4.69) is 52.2 Å². The standard InChI is InChI=1S/C23H26INO4/c1-23(2,3)29-21(26)12-15(13-24)25-22(27)28-14-20-18-10-6-4-8-16(18)17-9-5-7-11-19(17)20/h4-11,15,20H,12-14H2,1-3H3,(H,25,27)/t15-/m1/s1. The molecule has 3 rings (SSSR count). The zero-order valence-electron chi connectivity index (χ0n) is 16.9. The molecule has 0 radical (unpaired) electrons. The third-order valence-corrected chi connectivity index (χ3v) is 5.75. The van der Waals surface area contributed by atoms with Gasteiger partial charge in [-0.15, -0.1) is 0 Å². The second kappa shape index (κ2) is 9.15. The number of hydrogen-bond donors (Lipinski definition) is 1. The third-order valence-electron chi connectivity index (χ3n) is 4.69. The zero-order chi connectivity index (χ0) is 21.0. The summed E-state index contributed by atoms with van der Waals surface area (Å²) in [6.45, 7) is 5.72. The molecule has 2 aromatic carbocycles. The van der Waals surface area contributed by atoms with Gasteiger partial charge in [-0.2, -0.15) is 0 Å². The number of alkyl carbamates (subject to hydrolysis) is 1. The minimum absolute atomic E-state index is 0.0112. The van der Waals surface area contributed by atoms with Crippen molar-refractivity contribution in [2.24, 2.45) is 0 Å². The minimum atomic E-state index is -0.545. The Labute approximate surface area is 185 Å². The highest BCUT2D eigenvalue weighted by Crippen LogP contribution is 2.44. The van der Waals surface area contributed by atoms with Gasteiger partial charge in [0.15, 0.2) is 0 Å². The summed E-state index contributed by atoms with van der Waals surface area (Å²) in [6.07, 6.45) is -0.401. The first-order valence-corrected chi connectivity index (χ1v) is 11.2. The summed E-state index contributed by atoms with van der Waals surface area (Å²) < 4.78 is 11.5. The van der Waals surface area contributed by atoms with Crippen molar-refractivity contribution in [2.75, 3.05) is 11.0 Å². The van der Waals surface area contributed by atoms with E-state index in [1.54, 1.807) is 0 Å². The topological polar surface area (TPSA) is 64.6 Å². The van der Waals surface area contributed by atoms with Gasteiger partial charge in [0.05, 0.1) is 12.5 Å². The average molecular weight is 507 g/mol. The van der Waals surface area contributed by atoms with Crippen LogP contribution in [0.25, 0.3) is 11.1 Å². The van der Waals surface area contributed by atoms with Crippen LogP contribution in [-0.2, 0) is 14.3 Å². The Balaban J connectivity index is 1.60. The zero-order valence-corrected chi connectivity index (χ0v) is 19.1. The number of esters is 1. The quantitative estimate of drug-likeness (QED) is 0.337. The van der Waals surface area contributed by atoms with Crippen molar-refractivity contribution in [1.82, 2.24) is 5.32 Å². The molecule has 1 amide bonds. The molecule has 0 saturated carbocycles. The summed E-state index contributed by atoms with van der Waals surface area (Å²) in [5.74, 6) is -0.324. The molecule has 1 aliphatic carbocycles. The lowest BCUT2D eigenvalue weighted by atomic mass is 9.98. The molecule has 0 heterocycles. The van der Waals surface area contributed by atoms with E-state index in [0.29, 0.717) is 4.43 Å². The Hall–Kier alpha value is -2.09. The molecule has 0 bridgehead atoms. The normalized spacial score (nSPS) is 13.9. The molecule has 5 nitrogen and oxygen atoms in total. The van der Waals surface area contributed by atoms with Gasteiger partial charge in [-0.3, -0.25) is 4.79 Å². The van der Waals surface area contributed by atoms with Gasteiger partial charge in [0.25, 0.3) is 0 Å². The van der Waals surface area contributed by atoms with Gasteiger partial charge in [0.2, 0.25) is 0 Å². The number of nitrogens with one attached hydrogen (secondary N) is 1. The van der Waals surface area contributed by atoms with Gasteiger partial charge in [-0.05, 0) is 43.0 Å². The predicted molar refractivity (Wildman–Crippen MR) is 121 cm³/mol. The van der Waals surface area contributed by atoms with Crippen LogP contribution in [0.2, 0.25) is 0 Å². The Morgan fingerprint density at radius 1 is 1.03 bits per heavy atom. The highest BCUT2D eigenvalue weighted by molar-refractivity contribution is 14.1. The fourth-order valence-corrected chi connectivity index (χ4v) is 4.07. The second-order valence-corrected chi connectivity index (χ2v) is 8.99. The fourth-order valence-electron chi connectivity index (χ4n) is 3.54. The number of hydrogen-bond acceptors (Lipinski definition) is 4. The number of fused-ring (bicyclic) bond motifs is 3. The molecule has 0 saturated heterocycles. The molecule has 0 unspecified atom stereocenters. The van der Waals surface area contributed by atoms with Crippen LogP contribution in [-0.4, -0.2) is 34.7 Å². The highest BCUT2D eigenvalue weighted by Gasteiger charge is 2.29. The van der Waals surface area contributed by atoms with Gasteiger partial charge in [-0.25, -0.2) is 4.79 Å². The Morgan fingerprint density at radius 3 is 2.10 bits per heavy atom. The molecular weight excluding hydrogens is 481 g/mol. The van der Waals surface area contributed by atoms with Crippen LogP contribution >= 0.6 is 22.6 Å². The third kappa shape index (κ3) is 5.50. The molecule has 2 aromatic rings. The molecule has 1 atom stereocenters. The number of amides is 1. The predicted octanol–water partition coefficient (Wildman–Crippen LogP) is 5.06. The summed E-state index contributed by atoms with van der Waals surface area (Å²) in [5.41, 5.74) is 4.16. The number of alkyl halides is 1. The summed E-state index contributed by atoms with van der Waals surface area (Å²) >= 11 is 2.14. The lowest BCUT2D eigenvalue weighted by molar-refractivity contribution is -0.155. The van der Waals surface area contributed by atoms with Crippen LogP contribution in [0.1, 0.15) is 44.2 Å². The first-order valence-electron chi connectivity index (χ1n) is 9.68. The maximum absolute atomic E-state index is 12.4. The molecule has 0 aliphatic heterocycles. The number of carbonyl (C=O) groups excluding carboxylic acids is 2. The fraction of sp³-hybridized carbons (Fsp3) is 0.391. The maximum atomic E-state index is 12.4. The van der Waals surface area contributed by atoms with Crippen LogP contribution < -0.4 is 5.32 Å². The van der Waals surface area contributed by atoms with Crippen molar-refractivity contribution >= 4 is 34.7 Å². The van der Waals surface area contributed by atoms with Crippen molar-refractivity contribution in [3.05, 3.63) is 59.7 Å². The molecule has 0 spiro atoms. The summed E-state index contributed by atoms with van der Waals surface area (Å²) in [5, 5.41) is 2.79. The number of ether oxygens (including phenoxy) is 2. The largest absolute Gasteiger partial charge is 0.460 e. The Morgan fingerprint density at radius 2 is 1.59 bits per heavy atom. The van der Waals surface area contributed by atoms with E-state index in [1.807, 2.05) is 45.0 Å². The monoisotopic (exact) mass is 507 g/mol. The van der Waals surface area contributed by atoms with Crippen LogP contribution in [0.15, 0.2) is 48.5 Å². The van der Waals surface area contributed by atoms with Crippen molar-refractivity contribution < 1.29 is 19.1 Å².